The van der Waals surface area contributed by atoms with Crippen LogP contribution in [0.3, 0.4) is 0 Å². The summed E-state index contributed by atoms with van der Waals surface area (Å²) in [6, 6.07) is 18.4. The Morgan fingerprint density at radius 3 is 2.08 bits per heavy atom. The molecule has 3 aliphatic carbocycles. The van der Waals surface area contributed by atoms with E-state index >= 15 is 0 Å². The Balaban J connectivity index is 0.000000814. The van der Waals surface area contributed by atoms with Crippen molar-refractivity contribution in [3.8, 4) is 0 Å². The number of allylic oxidation sites excluding steroid dienone is 4. The highest BCUT2D eigenvalue weighted by atomic mass is 14.5. The largest absolute Gasteiger partial charge is 0.0874 e. The van der Waals surface area contributed by atoms with Crippen molar-refractivity contribution in [1.82, 2.24) is 0 Å². The van der Waals surface area contributed by atoms with E-state index in [1.165, 1.54) is 25.7 Å². The van der Waals surface area contributed by atoms with Gasteiger partial charge >= 0.3 is 0 Å². The standard InChI is InChI=1S/C24H24.C2H6/c1-2-8-14-23(13-7-1)15-16-24(18-23)21-11-5-3-9-19(21)17-20-10-4-6-12-22(20)24;1-2/h1,3-12,14H,2,13,15-18H2;1-2H3. The van der Waals surface area contributed by atoms with Crippen molar-refractivity contribution in [2.45, 2.75) is 57.8 Å². The molecule has 0 heterocycles. The smallest absolute Gasteiger partial charge is 0.0217 e. The van der Waals surface area contributed by atoms with Crippen LogP contribution in [0.2, 0.25) is 0 Å². The first-order valence-electron chi connectivity index (χ1n) is 10.3. The molecule has 1 atom stereocenters. The Morgan fingerprint density at radius 2 is 1.38 bits per heavy atom. The van der Waals surface area contributed by atoms with E-state index in [4.69, 9.17) is 0 Å². The predicted octanol–water partition coefficient (Wildman–Crippen LogP) is 6.98. The van der Waals surface area contributed by atoms with E-state index in [9.17, 15) is 0 Å². The van der Waals surface area contributed by atoms with Gasteiger partial charge in [0, 0.05) is 5.41 Å². The van der Waals surface area contributed by atoms with Gasteiger partial charge in [-0.1, -0.05) is 86.7 Å². The highest BCUT2D eigenvalue weighted by Crippen LogP contribution is 2.59. The summed E-state index contributed by atoms with van der Waals surface area (Å²) in [6.45, 7) is 4.00. The molecular formula is C26H30. The quantitative estimate of drug-likeness (QED) is 0.453. The lowest BCUT2D eigenvalue weighted by molar-refractivity contribution is 0.372. The SMILES string of the molecule is C1=CCC2(C=CC1)CCC1(C2)c2ccccc2Cc2ccccc21.CC. The lowest BCUT2D eigenvalue weighted by Gasteiger charge is -2.39. The molecule has 0 heteroatoms. The molecule has 1 saturated carbocycles. The molecule has 0 aromatic heterocycles. The number of hydrogen-bond donors (Lipinski definition) is 0. The van der Waals surface area contributed by atoms with Crippen LogP contribution < -0.4 is 0 Å². The topological polar surface area (TPSA) is 0 Å². The first-order valence-corrected chi connectivity index (χ1v) is 10.3. The third-order valence-corrected chi connectivity index (χ3v) is 6.58. The summed E-state index contributed by atoms with van der Waals surface area (Å²) < 4.78 is 0. The summed E-state index contributed by atoms with van der Waals surface area (Å²) in [5.41, 5.74) is 6.85. The molecule has 0 radical (unpaired) electrons. The number of fused-ring (bicyclic) bond motifs is 4. The van der Waals surface area contributed by atoms with Gasteiger partial charge in [0.25, 0.3) is 0 Å². The van der Waals surface area contributed by atoms with Crippen LogP contribution in [0.5, 0.6) is 0 Å². The molecule has 5 rings (SSSR count). The zero-order valence-electron chi connectivity index (χ0n) is 16.2. The van der Waals surface area contributed by atoms with E-state index in [1.54, 1.807) is 22.3 Å². The lowest BCUT2D eigenvalue weighted by Crippen LogP contribution is -2.32. The molecule has 1 fully saturated rings. The van der Waals surface area contributed by atoms with Crippen LogP contribution in [0.15, 0.2) is 72.8 Å². The van der Waals surface area contributed by atoms with Gasteiger partial charge in [0.05, 0.1) is 0 Å². The first-order chi connectivity index (χ1) is 12.8. The van der Waals surface area contributed by atoms with Crippen molar-refractivity contribution < 1.29 is 0 Å². The maximum absolute atomic E-state index is 2.54. The van der Waals surface area contributed by atoms with Crippen LogP contribution in [-0.4, -0.2) is 0 Å². The number of benzene rings is 2. The summed E-state index contributed by atoms with van der Waals surface area (Å²) in [5.74, 6) is 0. The average Bonchev–Trinajstić information content (AvgIpc) is 2.91. The van der Waals surface area contributed by atoms with Gasteiger partial charge in [0.1, 0.15) is 0 Å². The minimum absolute atomic E-state index is 0.216. The van der Waals surface area contributed by atoms with Crippen molar-refractivity contribution >= 4 is 0 Å². The average molecular weight is 343 g/mol. The molecule has 2 spiro atoms. The molecule has 2 aromatic carbocycles. The molecule has 134 valence electrons. The van der Waals surface area contributed by atoms with Crippen molar-refractivity contribution in [3.05, 3.63) is 95.1 Å². The van der Waals surface area contributed by atoms with E-state index in [-0.39, 0.29) is 5.41 Å². The molecule has 0 saturated heterocycles. The van der Waals surface area contributed by atoms with Crippen LogP contribution in [-0.2, 0) is 11.8 Å². The lowest BCUT2D eigenvalue weighted by atomic mass is 9.64. The Hall–Kier alpha value is -2.08. The van der Waals surface area contributed by atoms with Crippen LogP contribution in [0.1, 0.15) is 68.2 Å². The van der Waals surface area contributed by atoms with E-state index in [1.807, 2.05) is 13.8 Å². The normalized spacial score (nSPS) is 24.5. The third kappa shape index (κ3) is 2.67. The minimum atomic E-state index is 0.216. The number of rotatable bonds is 0. The van der Waals surface area contributed by atoms with Crippen molar-refractivity contribution in [2.75, 3.05) is 0 Å². The van der Waals surface area contributed by atoms with Gasteiger partial charge < -0.3 is 0 Å². The van der Waals surface area contributed by atoms with Crippen LogP contribution >= 0.6 is 0 Å². The van der Waals surface area contributed by atoms with Gasteiger partial charge in [-0.3, -0.25) is 0 Å². The first kappa shape index (κ1) is 17.3. The van der Waals surface area contributed by atoms with E-state index in [0.717, 1.165) is 12.8 Å². The third-order valence-electron chi connectivity index (χ3n) is 6.58. The molecule has 0 bridgehead atoms. The molecule has 0 amide bonds. The van der Waals surface area contributed by atoms with Gasteiger partial charge in [0.15, 0.2) is 0 Å². The van der Waals surface area contributed by atoms with E-state index in [0.29, 0.717) is 5.41 Å². The second kappa shape index (κ2) is 6.91. The Morgan fingerprint density at radius 1 is 0.731 bits per heavy atom. The zero-order valence-corrected chi connectivity index (χ0v) is 16.2. The summed E-state index contributed by atoms with van der Waals surface area (Å²) in [7, 11) is 0. The Bertz CT molecular complexity index is 793. The van der Waals surface area contributed by atoms with Crippen molar-refractivity contribution in [2.24, 2.45) is 5.41 Å². The fourth-order valence-electron chi connectivity index (χ4n) is 5.53. The molecule has 26 heavy (non-hydrogen) atoms. The second-order valence-electron chi connectivity index (χ2n) is 7.93. The molecule has 1 unspecified atom stereocenters. The van der Waals surface area contributed by atoms with Crippen molar-refractivity contribution in [3.63, 3.8) is 0 Å². The Kier molecular flexibility index (Phi) is 4.61. The Labute approximate surface area is 158 Å². The summed E-state index contributed by atoms with van der Waals surface area (Å²) in [4.78, 5) is 0. The van der Waals surface area contributed by atoms with Crippen molar-refractivity contribution in [1.29, 1.82) is 0 Å². The maximum atomic E-state index is 2.54. The molecule has 3 aliphatic rings. The fourth-order valence-corrected chi connectivity index (χ4v) is 5.53. The van der Waals surface area contributed by atoms with E-state index < -0.39 is 0 Å². The highest BCUT2D eigenvalue weighted by molar-refractivity contribution is 5.55. The van der Waals surface area contributed by atoms with Crippen LogP contribution in [0.25, 0.3) is 0 Å². The minimum Gasteiger partial charge on any atom is -0.0874 e. The second-order valence-corrected chi connectivity index (χ2v) is 7.93. The molecule has 2 aromatic rings. The fraction of sp³-hybridized carbons (Fsp3) is 0.385. The number of hydrogen-bond acceptors (Lipinski definition) is 0. The maximum Gasteiger partial charge on any atom is 0.0217 e. The van der Waals surface area contributed by atoms with Crippen LogP contribution in [0, 0.1) is 5.41 Å². The van der Waals surface area contributed by atoms with E-state index in [2.05, 4.69) is 72.8 Å². The molecule has 0 N–H and O–H groups in total. The predicted molar refractivity (Wildman–Crippen MR) is 112 cm³/mol. The molecule has 0 aliphatic heterocycles. The summed E-state index contributed by atoms with van der Waals surface area (Å²) in [6.07, 6.45) is 16.9. The van der Waals surface area contributed by atoms with Crippen LogP contribution in [0.4, 0.5) is 0 Å². The summed E-state index contributed by atoms with van der Waals surface area (Å²) >= 11 is 0. The molecule has 0 nitrogen and oxygen atoms in total. The summed E-state index contributed by atoms with van der Waals surface area (Å²) in [5, 5.41) is 0. The van der Waals surface area contributed by atoms with Gasteiger partial charge in [-0.2, -0.15) is 0 Å². The van der Waals surface area contributed by atoms with Gasteiger partial charge in [-0.05, 0) is 66.2 Å². The van der Waals surface area contributed by atoms with Gasteiger partial charge in [-0.25, -0.2) is 0 Å². The van der Waals surface area contributed by atoms with Gasteiger partial charge in [-0.15, -0.1) is 0 Å². The monoisotopic (exact) mass is 342 g/mol. The zero-order chi connectivity index (χ0) is 18.0. The highest BCUT2D eigenvalue weighted by Gasteiger charge is 2.50. The van der Waals surface area contributed by atoms with Gasteiger partial charge in [0.2, 0.25) is 0 Å². The molecular weight excluding hydrogens is 312 g/mol.